The maximum Gasteiger partial charge on any atom is 0.227 e. The summed E-state index contributed by atoms with van der Waals surface area (Å²) < 4.78 is 5.29. The van der Waals surface area contributed by atoms with Gasteiger partial charge in [0.05, 0.1) is 5.69 Å². The molecule has 5 aromatic rings. The van der Waals surface area contributed by atoms with Crippen molar-refractivity contribution in [2.45, 2.75) is 19.8 Å². The van der Waals surface area contributed by atoms with Gasteiger partial charge in [-0.2, -0.15) is 4.98 Å². The fraction of sp³-hybridized carbons (Fsp3) is 0.130. The third-order valence-corrected chi connectivity index (χ3v) is 5.72. The summed E-state index contributed by atoms with van der Waals surface area (Å²) in [5, 5.41) is 10.5. The number of aromatic nitrogens is 4. The molecule has 0 aliphatic heterocycles. The van der Waals surface area contributed by atoms with Crippen LogP contribution in [0.4, 0.5) is 5.13 Å². The zero-order valence-corrected chi connectivity index (χ0v) is 17.6. The smallest absolute Gasteiger partial charge is 0.227 e. The molecule has 8 heteroatoms. The molecule has 0 aliphatic carbocycles. The Morgan fingerprint density at radius 1 is 1.13 bits per heavy atom. The lowest BCUT2D eigenvalue weighted by Gasteiger charge is -1.99. The number of thiazole rings is 1. The Morgan fingerprint density at radius 2 is 1.97 bits per heavy atom. The summed E-state index contributed by atoms with van der Waals surface area (Å²) in [4.78, 5) is 24.6. The van der Waals surface area contributed by atoms with Crippen LogP contribution in [-0.2, 0) is 11.2 Å². The summed E-state index contributed by atoms with van der Waals surface area (Å²) in [5.41, 5.74) is 4.96. The zero-order valence-electron chi connectivity index (χ0n) is 16.8. The van der Waals surface area contributed by atoms with Crippen LogP contribution in [0.15, 0.2) is 64.6 Å². The van der Waals surface area contributed by atoms with Gasteiger partial charge in [-0.3, -0.25) is 4.79 Å². The number of carbonyl (C=O) groups is 1. The number of H-pyrrole nitrogens is 1. The van der Waals surface area contributed by atoms with Gasteiger partial charge in [0.2, 0.25) is 17.6 Å². The van der Waals surface area contributed by atoms with Gasteiger partial charge >= 0.3 is 0 Å². The van der Waals surface area contributed by atoms with Crippen LogP contribution in [0.25, 0.3) is 33.5 Å². The van der Waals surface area contributed by atoms with E-state index in [0.29, 0.717) is 23.3 Å². The molecule has 31 heavy (non-hydrogen) atoms. The van der Waals surface area contributed by atoms with E-state index in [1.165, 1.54) is 16.9 Å². The van der Waals surface area contributed by atoms with Crippen LogP contribution >= 0.6 is 11.3 Å². The van der Waals surface area contributed by atoms with Crippen LogP contribution in [0.3, 0.4) is 0 Å². The number of para-hydroxylation sites is 1. The number of aryl methyl sites for hydroxylation is 2. The number of aromatic amines is 1. The Labute approximate surface area is 182 Å². The predicted molar refractivity (Wildman–Crippen MR) is 121 cm³/mol. The second-order valence-electron chi connectivity index (χ2n) is 7.21. The van der Waals surface area contributed by atoms with Crippen molar-refractivity contribution < 1.29 is 9.32 Å². The Hall–Kier alpha value is -3.78. The second kappa shape index (κ2) is 8.16. The van der Waals surface area contributed by atoms with E-state index in [-0.39, 0.29) is 12.3 Å². The first-order valence-electron chi connectivity index (χ1n) is 9.87. The number of nitrogens with one attached hydrogen (secondary N) is 2. The number of anilines is 1. The van der Waals surface area contributed by atoms with E-state index in [4.69, 9.17) is 4.52 Å². The van der Waals surface area contributed by atoms with Gasteiger partial charge in [-0.1, -0.05) is 53.2 Å². The molecule has 1 amide bonds. The monoisotopic (exact) mass is 429 g/mol. The van der Waals surface area contributed by atoms with Crippen LogP contribution in [-0.4, -0.2) is 26.0 Å². The minimum Gasteiger partial charge on any atom is -0.360 e. The fourth-order valence-corrected chi connectivity index (χ4v) is 4.04. The van der Waals surface area contributed by atoms with Gasteiger partial charge in [0.25, 0.3) is 0 Å². The molecule has 154 valence electrons. The molecule has 7 nitrogen and oxygen atoms in total. The lowest BCUT2D eigenvalue weighted by molar-refractivity contribution is -0.116. The summed E-state index contributed by atoms with van der Waals surface area (Å²) in [6.45, 7) is 2.02. The van der Waals surface area contributed by atoms with Crippen LogP contribution < -0.4 is 5.32 Å². The number of fused-ring (bicyclic) bond motifs is 1. The summed E-state index contributed by atoms with van der Waals surface area (Å²) in [5.74, 6) is 0.818. The topological polar surface area (TPSA) is 96.7 Å². The maximum absolute atomic E-state index is 12.4. The standard InChI is InChI=1S/C23H19N5O2S/c1-14-6-8-15(9-7-14)22-27-21(30-28-22)11-10-20(29)26-23-25-19(13-31-23)17-12-24-18-5-3-2-4-16(17)18/h2-9,12-13,24H,10-11H2,1H3,(H,25,26,29). The molecule has 0 saturated carbocycles. The lowest BCUT2D eigenvalue weighted by Crippen LogP contribution is -2.12. The van der Waals surface area contributed by atoms with E-state index in [0.717, 1.165) is 27.7 Å². The maximum atomic E-state index is 12.4. The van der Waals surface area contributed by atoms with Gasteiger partial charge in [-0.05, 0) is 13.0 Å². The first-order chi connectivity index (χ1) is 15.2. The molecule has 0 saturated heterocycles. The zero-order chi connectivity index (χ0) is 21.2. The number of amides is 1. The number of rotatable bonds is 6. The minimum absolute atomic E-state index is 0.144. The van der Waals surface area contributed by atoms with Crippen molar-refractivity contribution in [3.63, 3.8) is 0 Å². The normalized spacial score (nSPS) is 11.1. The summed E-state index contributed by atoms with van der Waals surface area (Å²) in [6.07, 6.45) is 2.54. The molecule has 0 fully saturated rings. The molecule has 3 aromatic heterocycles. The minimum atomic E-state index is -0.144. The first kappa shape index (κ1) is 19.2. The summed E-state index contributed by atoms with van der Waals surface area (Å²) >= 11 is 1.40. The predicted octanol–water partition coefficient (Wildman–Crippen LogP) is 5.22. The number of benzene rings is 2. The molecular formula is C23H19N5O2S. The van der Waals surface area contributed by atoms with Crippen molar-refractivity contribution in [1.29, 1.82) is 0 Å². The highest BCUT2D eigenvalue weighted by Gasteiger charge is 2.14. The van der Waals surface area contributed by atoms with Gasteiger partial charge in [-0.15, -0.1) is 11.3 Å². The van der Waals surface area contributed by atoms with Gasteiger partial charge < -0.3 is 14.8 Å². The van der Waals surface area contributed by atoms with E-state index in [9.17, 15) is 4.79 Å². The Morgan fingerprint density at radius 3 is 2.84 bits per heavy atom. The number of nitrogens with zero attached hydrogens (tertiary/aromatic N) is 3. The van der Waals surface area contributed by atoms with Gasteiger partial charge in [0.1, 0.15) is 0 Å². The number of hydrogen-bond donors (Lipinski definition) is 2. The van der Waals surface area contributed by atoms with Crippen molar-refractivity contribution in [2.75, 3.05) is 5.32 Å². The van der Waals surface area contributed by atoms with Crippen LogP contribution in [0, 0.1) is 6.92 Å². The van der Waals surface area contributed by atoms with Crippen molar-refractivity contribution in [1.82, 2.24) is 20.1 Å². The highest BCUT2D eigenvalue weighted by molar-refractivity contribution is 7.14. The highest BCUT2D eigenvalue weighted by atomic mass is 32.1. The first-order valence-corrected chi connectivity index (χ1v) is 10.8. The van der Waals surface area contributed by atoms with Crippen molar-refractivity contribution in [2.24, 2.45) is 0 Å². The Balaban J connectivity index is 1.20. The molecule has 2 N–H and O–H groups in total. The summed E-state index contributed by atoms with van der Waals surface area (Å²) in [7, 11) is 0. The largest absolute Gasteiger partial charge is 0.360 e. The summed E-state index contributed by atoms with van der Waals surface area (Å²) in [6, 6.07) is 16.0. The van der Waals surface area contributed by atoms with Gasteiger partial charge in [0.15, 0.2) is 5.13 Å². The molecule has 0 spiro atoms. The van der Waals surface area contributed by atoms with E-state index in [2.05, 4.69) is 25.4 Å². The van der Waals surface area contributed by atoms with Crippen molar-refractivity contribution >= 4 is 33.3 Å². The van der Waals surface area contributed by atoms with E-state index in [1.54, 1.807) is 0 Å². The van der Waals surface area contributed by atoms with Crippen LogP contribution in [0.2, 0.25) is 0 Å². The average Bonchev–Trinajstić information content (AvgIpc) is 3.52. The van der Waals surface area contributed by atoms with E-state index < -0.39 is 0 Å². The number of hydrogen-bond acceptors (Lipinski definition) is 6. The highest BCUT2D eigenvalue weighted by Crippen LogP contribution is 2.31. The quantitative estimate of drug-likeness (QED) is 0.386. The molecule has 0 bridgehead atoms. The molecule has 0 atom stereocenters. The SMILES string of the molecule is Cc1ccc(-c2noc(CCC(=O)Nc3nc(-c4c[nH]c5ccccc45)cs3)n2)cc1. The Bertz CT molecular complexity index is 1350. The van der Waals surface area contributed by atoms with Gasteiger partial charge in [0, 0.05) is 46.4 Å². The molecule has 0 aliphatic rings. The van der Waals surface area contributed by atoms with Crippen LogP contribution in [0.5, 0.6) is 0 Å². The second-order valence-corrected chi connectivity index (χ2v) is 8.07. The number of carbonyl (C=O) groups excluding carboxylic acids is 1. The van der Waals surface area contributed by atoms with Crippen molar-refractivity contribution in [3.8, 4) is 22.6 Å². The van der Waals surface area contributed by atoms with E-state index in [1.807, 2.05) is 67.0 Å². The van der Waals surface area contributed by atoms with Gasteiger partial charge in [-0.25, -0.2) is 4.98 Å². The van der Waals surface area contributed by atoms with Crippen LogP contribution in [0.1, 0.15) is 17.9 Å². The molecule has 3 heterocycles. The molecule has 0 unspecified atom stereocenters. The lowest BCUT2D eigenvalue weighted by atomic mass is 10.1. The average molecular weight is 430 g/mol. The van der Waals surface area contributed by atoms with E-state index >= 15 is 0 Å². The molecular weight excluding hydrogens is 410 g/mol. The molecule has 0 radical (unpaired) electrons. The molecule has 2 aromatic carbocycles. The molecule has 5 rings (SSSR count). The third-order valence-electron chi connectivity index (χ3n) is 4.96. The fourth-order valence-electron chi connectivity index (χ4n) is 3.32. The Kier molecular flexibility index (Phi) is 5.05. The third kappa shape index (κ3) is 4.10. The van der Waals surface area contributed by atoms with Crippen molar-refractivity contribution in [3.05, 3.63) is 71.6 Å².